The molecule has 2 rings (SSSR count). The minimum absolute atomic E-state index is 0.409. The molecule has 0 unspecified atom stereocenters. The molecule has 1 aromatic rings. The Balaban J connectivity index is 1.89. The van der Waals surface area contributed by atoms with Crippen LogP contribution in [-0.4, -0.2) is 19.2 Å². The van der Waals surface area contributed by atoms with Gasteiger partial charge in [-0.3, -0.25) is 0 Å². The van der Waals surface area contributed by atoms with E-state index in [0.717, 1.165) is 29.6 Å². The standard InChI is InChI=1S/C14H21BrN2O/c1-18-13-6-7-14(15)10(8-13)9-17-12-4-2-11(16)3-5-12/h6-8,11-12,17H,2-5,9,16H2,1H3. The van der Waals surface area contributed by atoms with Crippen LogP contribution in [-0.2, 0) is 6.54 Å². The number of benzene rings is 1. The lowest BCUT2D eigenvalue weighted by Crippen LogP contribution is -2.37. The monoisotopic (exact) mass is 312 g/mol. The first kappa shape index (κ1) is 13.8. The van der Waals surface area contributed by atoms with Gasteiger partial charge < -0.3 is 15.8 Å². The predicted molar refractivity (Wildman–Crippen MR) is 77.8 cm³/mol. The van der Waals surface area contributed by atoms with E-state index in [2.05, 4.69) is 27.3 Å². The van der Waals surface area contributed by atoms with Gasteiger partial charge in [0.25, 0.3) is 0 Å². The van der Waals surface area contributed by atoms with Crippen molar-refractivity contribution in [2.45, 2.75) is 44.3 Å². The van der Waals surface area contributed by atoms with E-state index in [4.69, 9.17) is 10.5 Å². The van der Waals surface area contributed by atoms with Crippen LogP contribution in [0.15, 0.2) is 22.7 Å². The summed E-state index contributed by atoms with van der Waals surface area (Å²) in [4.78, 5) is 0. The lowest BCUT2D eigenvalue weighted by atomic mass is 9.92. The summed E-state index contributed by atoms with van der Waals surface area (Å²) in [5.74, 6) is 0.903. The maximum atomic E-state index is 5.91. The van der Waals surface area contributed by atoms with E-state index in [0.29, 0.717) is 12.1 Å². The number of ether oxygens (including phenoxy) is 1. The summed E-state index contributed by atoms with van der Waals surface area (Å²) in [5.41, 5.74) is 7.15. The average molecular weight is 313 g/mol. The van der Waals surface area contributed by atoms with Crippen LogP contribution >= 0.6 is 15.9 Å². The molecule has 18 heavy (non-hydrogen) atoms. The van der Waals surface area contributed by atoms with Gasteiger partial charge in [0, 0.05) is 23.1 Å². The third kappa shape index (κ3) is 3.70. The second-order valence-electron chi connectivity index (χ2n) is 4.95. The van der Waals surface area contributed by atoms with Crippen molar-refractivity contribution in [3.05, 3.63) is 28.2 Å². The maximum Gasteiger partial charge on any atom is 0.119 e. The van der Waals surface area contributed by atoms with Gasteiger partial charge in [0.2, 0.25) is 0 Å². The minimum Gasteiger partial charge on any atom is -0.497 e. The summed E-state index contributed by atoms with van der Waals surface area (Å²) < 4.78 is 6.38. The Bertz CT molecular complexity index is 389. The second-order valence-corrected chi connectivity index (χ2v) is 5.80. The molecule has 1 aliphatic rings. The molecule has 1 aromatic carbocycles. The van der Waals surface area contributed by atoms with Crippen molar-refractivity contribution < 1.29 is 4.74 Å². The molecule has 0 amide bonds. The molecule has 1 fully saturated rings. The van der Waals surface area contributed by atoms with E-state index >= 15 is 0 Å². The Labute approximate surface area is 117 Å². The van der Waals surface area contributed by atoms with Gasteiger partial charge in [-0.25, -0.2) is 0 Å². The van der Waals surface area contributed by atoms with Crippen LogP contribution in [0, 0.1) is 0 Å². The number of nitrogens with two attached hydrogens (primary N) is 1. The first-order chi connectivity index (χ1) is 8.69. The zero-order chi connectivity index (χ0) is 13.0. The number of halogens is 1. The summed E-state index contributed by atoms with van der Waals surface area (Å²) in [6.45, 7) is 0.873. The summed E-state index contributed by atoms with van der Waals surface area (Å²) in [6.07, 6.45) is 4.64. The average Bonchev–Trinajstić information content (AvgIpc) is 2.40. The Morgan fingerprint density at radius 2 is 2.06 bits per heavy atom. The van der Waals surface area contributed by atoms with Crippen molar-refractivity contribution in [3.63, 3.8) is 0 Å². The maximum absolute atomic E-state index is 5.91. The van der Waals surface area contributed by atoms with Gasteiger partial charge in [0.15, 0.2) is 0 Å². The summed E-state index contributed by atoms with van der Waals surface area (Å²) in [7, 11) is 1.70. The third-order valence-corrected chi connectivity index (χ3v) is 4.38. The third-order valence-electron chi connectivity index (χ3n) is 3.61. The molecule has 100 valence electrons. The zero-order valence-electron chi connectivity index (χ0n) is 10.8. The fraction of sp³-hybridized carbons (Fsp3) is 0.571. The van der Waals surface area contributed by atoms with Gasteiger partial charge in [-0.1, -0.05) is 15.9 Å². The summed E-state index contributed by atoms with van der Waals surface area (Å²) >= 11 is 3.58. The topological polar surface area (TPSA) is 47.3 Å². The van der Waals surface area contributed by atoms with Crippen LogP contribution < -0.4 is 15.8 Å². The quantitative estimate of drug-likeness (QED) is 0.898. The van der Waals surface area contributed by atoms with Gasteiger partial charge in [-0.15, -0.1) is 0 Å². The first-order valence-corrected chi connectivity index (χ1v) is 7.29. The van der Waals surface area contributed by atoms with Crippen LogP contribution in [0.4, 0.5) is 0 Å². The molecule has 0 bridgehead atoms. The number of hydrogen-bond acceptors (Lipinski definition) is 3. The molecule has 0 heterocycles. The lowest BCUT2D eigenvalue weighted by Gasteiger charge is -2.27. The van der Waals surface area contributed by atoms with Gasteiger partial charge in [-0.05, 0) is 49.4 Å². The molecule has 1 saturated carbocycles. The van der Waals surface area contributed by atoms with E-state index in [9.17, 15) is 0 Å². The van der Waals surface area contributed by atoms with Gasteiger partial charge in [0.1, 0.15) is 5.75 Å². The molecule has 1 aliphatic carbocycles. The number of rotatable bonds is 4. The highest BCUT2D eigenvalue weighted by Gasteiger charge is 2.18. The number of hydrogen-bond donors (Lipinski definition) is 2. The largest absolute Gasteiger partial charge is 0.497 e. The Morgan fingerprint density at radius 3 is 2.72 bits per heavy atom. The van der Waals surface area contributed by atoms with Crippen LogP contribution in [0.25, 0.3) is 0 Å². The van der Waals surface area contributed by atoms with E-state index in [1.165, 1.54) is 18.4 Å². The number of methoxy groups -OCH3 is 1. The van der Waals surface area contributed by atoms with E-state index < -0.39 is 0 Å². The van der Waals surface area contributed by atoms with E-state index in [1.807, 2.05) is 12.1 Å². The van der Waals surface area contributed by atoms with E-state index in [-0.39, 0.29) is 0 Å². The molecule has 0 radical (unpaired) electrons. The SMILES string of the molecule is COc1ccc(Br)c(CNC2CCC(N)CC2)c1. The highest BCUT2D eigenvalue weighted by Crippen LogP contribution is 2.23. The predicted octanol–water partition coefficient (Wildman–Crippen LogP) is 2.82. The van der Waals surface area contributed by atoms with Gasteiger partial charge in [-0.2, -0.15) is 0 Å². The molecule has 0 aliphatic heterocycles. The van der Waals surface area contributed by atoms with Crippen LogP contribution in [0.3, 0.4) is 0 Å². The van der Waals surface area contributed by atoms with Crippen molar-refractivity contribution in [2.24, 2.45) is 5.73 Å². The molecule has 0 aromatic heterocycles. The summed E-state index contributed by atoms with van der Waals surface area (Å²) in [6, 6.07) is 7.08. The molecule has 0 saturated heterocycles. The molecule has 0 spiro atoms. The Morgan fingerprint density at radius 1 is 1.33 bits per heavy atom. The smallest absolute Gasteiger partial charge is 0.119 e. The molecular formula is C14H21BrN2O. The lowest BCUT2D eigenvalue weighted by molar-refractivity contribution is 0.341. The summed E-state index contributed by atoms with van der Waals surface area (Å²) in [5, 5.41) is 3.61. The van der Waals surface area contributed by atoms with Crippen molar-refractivity contribution in [2.75, 3.05) is 7.11 Å². The first-order valence-electron chi connectivity index (χ1n) is 6.50. The van der Waals surface area contributed by atoms with Gasteiger partial charge >= 0.3 is 0 Å². The van der Waals surface area contributed by atoms with Crippen molar-refractivity contribution in [1.82, 2.24) is 5.32 Å². The highest BCUT2D eigenvalue weighted by atomic mass is 79.9. The van der Waals surface area contributed by atoms with Crippen LogP contribution in [0.5, 0.6) is 5.75 Å². The Hall–Kier alpha value is -0.580. The van der Waals surface area contributed by atoms with Gasteiger partial charge in [0.05, 0.1) is 7.11 Å². The van der Waals surface area contributed by atoms with Crippen molar-refractivity contribution in [1.29, 1.82) is 0 Å². The minimum atomic E-state index is 0.409. The van der Waals surface area contributed by atoms with Crippen LogP contribution in [0.2, 0.25) is 0 Å². The van der Waals surface area contributed by atoms with Crippen LogP contribution in [0.1, 0.15) is 31.2 Å². The normalized spacial score (nSPS) is 23.9. The molecule has 0 atom stereocenters. The molecular weight excluding hydrogens is 292 g/mol. The van der Waals surface area contributed by atoms with E-state index in [1.54, 1.807) is 7.11 Å². The van der Waals surface area contributed by atoms with Crippen molar-refractivity contribution >= 4 is 15.9 Å². The molecule has 4 heteroatoms. The molecule has 3 nitrogen and oxygen atoms in total. The zero-order valence-corrected chi connectivity index (χ0v) is 12.4. The number of nitrogens with one attached hydrogen (secondary N) is 1. The highest BCUT2D eigenvalue weighted by molar-refractivity contribution is 9.10. The molecule has 3 N–H and O–H groups in total. The Kier molecular flexibility index (Phi) is 5.03. The second kappa shape index (κ2) is 6.55. The fourth-order valence-electron chi connectivity index (χ4n) is 2.39. The van der Waals surface area contributed by atoms with Crippen molar-refractivity contribution in [3.8, 4) is 5.75 Å². The fourth-order valence-corrected chi connectivity index (χ4v) is 2.78.